The second kappa shape index (κ2) is 7.90. The summed E-state index contributed by atoms with van der Waals surface area (Å²) in [5.41, 5.74) is 2.40. The van der Waals surface area contributed by atoms with E-state index in [9.17, 15) is 4.79 Å². The Kier molecular flexibility index (Phi) is 6.52. The quantitative estimate of drug-likeness (QED) is 0.833. The molecule has 112 valence electrons. The van der Waals surface area contributed by atoms with Crippen LogP contribution in [0.25, 0.3) is 0 Å². The lowest BCUT2D eigenvalue weighted by molar-refractivity contribution is -0.133. The standard InChI is InChI=1S/C16H25NO3/c1-12(2)17(8-9-18)16(19)7-10-20-15-6-5-13(3)14(4)11-15/h5-6,11-12,18H,7-10H2,1-4H3. The van der Waals surface area contributed by atoms with Crippen LogP contribution in [0.3, 0.4) is 0 Å². The van der Waals surface area contributed by atoms with Crippen molar-refractivity contribution >= 4 is 5.91 Å². The Balaban J connectivity index is 2.46. The summed E-state index contributed by atoms with van der Waals surface area (Å²) in [5.74, 6) is 0.803. The Bertz CT molecular complexity index is 443. The molecule has 0 fully saturated rings. The van der Waals surface area contributed by atoms with Gasteiger partial charge in [0.15, 0.2) is 0 Å². The average Bonchev–Trinajstić information content (AvgIpc) is 2.39. The van der Waals surface area contributed by atoms with Crippen molar-refractivity contribution in [3.63, 3.8) is 0 Å². The van der Waals surface area contributed by atoms with Crippen molar-refractivity contribution in [3.05, 3.63) is 29.3 Å². The fourth-order valence-electron chi connectivity index (χ4n) is 1.98. The molecule has 1 rings (SSSR count). The lowest BCUT2D eigenvalue weighted by Crippen LogP contribution is -2.39. The van der Waals surface area contributed by atoms with Gasteiger partial charge < -0.3 is 14.7 Å². The molecule has 0 aromatic heterocycles. The minimum atomic E-state index is -0.0120. The molecule has 0 bridgehead atoms. The van der Waals surface area contributed by atoms with E-state index in [0.29, 0.717) is 19.6 Å². The molecule has 0 aliphatic carbocycles. The Morgan fingerprint density at radius 2 is 2.00 bits per heavy atom. The molecule has 0 saturated heterocycles. The molecule has 0 saturated carbocycles. The number of aliphatic hydroxyl groups is 1. The molecule has 0 radical (unpaired) electrons. The number of amides is 1. The summed E-state index contributed by atoms with van der Waals surface area (Å²) in [7, 11) is 0. The maximum absolute atomic E-state index is 12.0. The minimum absolute atomic E-state index is 0.0119. The van der Waals surface area contributed by atoms with Crippen LogP contribution in [0.5, 0.6) is 5.75 Å². The highest BCUT2D eigenvalue weighted by Crippen LogP contribution is 2.16. The third-order valence-electron chi connectivity index (χ3n) is 3.35. The topological polar surface area (TPSA) is 49.8 Å². The first-order valence-corrected chi connectivity index (χ1v) is 7.06. The van der Waals surface area contributed by atoms with Gasteiger partial charge in [-0.05, 0) is 51.0 Å². The van der Waals surface area contributed by atoms with E-state index < -0.39 is 0 Å². The maximum Gasteiger partial charge on any atom is 0.226 e. The molecule has 0 atom stereocenters. The average molecular weight is 279 g/mol. The fourth-order valence-corrected chi connectivity index (χ4v) is 1.98. The van der Waals surface area contributed by atoms with Crippen LogP contribution >= 0.6 is 0 Å². The zero-order valence-corrected chi connectivity index (χ0v) is 12.8. The highest BCUT2D eigenvalue weighted by atomic mass is 16.5. The van der Waals surface area contributed by atoms with Gasteiger partial charge in [0.25, 0.3) is 0 Å². The van der Waals surface area contributed by atoms with Crippen molar-refractivity contribution in [1.29, 1.82) is 0 Å². The molecule has 0 aliphatic heterocycles. The van der Waals surface area contributed by atoms with Gasteiger partial charge in [-0.1, -0.05) is 6.07 Å². The zero-order valence-electron chi connectivity index (χ0n) is 12.8. The molecule has 0 unspecified atom stereocenters. The summed E-state index contributed by atoms with van der Waals surface area (Å²) < 4.78 is 5.61. The Morgan fingerprint density at radius 3 is 2.55 bits per heavy atom. The van der Waals surface area contributed by atoms with Gasteiger partial charge in [0, 0.05) is 12.6 Å². The number of carbonyl (C=O) groups excluding carboxylic acids is 1. The van der Waals surface area contributed by atoms with Crippen LogP contribution in [-0.2, 0) is 4.79 Å². The molecule has 1 aromatic carbocycles. The van der Waals surface area contributed by atoms with Gasteiger partial charge in [0.2, 0.25) is 5.91 Å². The van der Waals surface area contributed by atoms with Crippen molar-refractivity contribution in [3.8, 4) is 5.75 Å². The number of rotatable bonds is 7. The van der Waals surface area contributed by atoms with Crippen molar-refractivity contribution in [2.45, 2.75) is 40.2 Å². The van der Waals surface area contributed by atoms with E-state index >= 15 is 0 Å². The highest BCUT2D eigenvalue weighted by molar-refractivity contribution is 5.76. The molecule has 1 aromatic rings. The third-order valence-corrected chi connectivity index (χ3v) is 3.35. The van der Waals surface area contributed by atoms with Crippen molar-refractivity contribution < 1.29 is 14.6 Å². The molecule has 4 nitrogen and oxygen atoms in total. The fraction of sp³-hybridized carbons (Fsp3) is 0.562. The third kappa shape index (κ3) is 4.85. The molecule has 0 spiro atoms. The Labute approximate surface area is 121 Å². The highest BCUT2D eigenvalue weighted by Gasteiger charge is 2.15. The molecule has 4 heteroatoms. The van der Waals surface area contributed by atoms with Gasteiger partial charge in [-0.3, -0.25) is 4.79 Å². The molecule has 0 heterocycles. The number of aliphatic hydroxyl groups excluding tert-OH is 1. The SMILES string of the molecule is Cc1ccc(OCCC(=O)N(CCO)C(C)C)cc1C. The van der Waals surface area contributed by atoms with Crippen LogP contribution in [-0.4, -0.2) is 41.7 Å². The number of benzene rings is 1. The predicted molar refractivity (Wildman–Crippen MR) is 80.0 cm³/mol. The van der Waals surface area contributed by atoms with Crippen LogP contribution in [0, 0.1) is 13.8 Å². The molecule has 20 heavy (non-hydrogen) atoms. The first-order chi connectivity index (χ1) is 9.45. The lowest BCUT2D eigenvalue weighted by Gasteiger charge is -2.26. The largest absolute Gasteiger partial charge is 0.493 e. The Hall–Kier alpha value is -1.55. The summed E-state index contributed by atoms with van der Waals surface area (Å²) in [4.78, 5) is 13.7. The smallest absolute Gasteiger partial charge is 0.226 e. The zero-order chi connectivity index (χ0) is 15.1. The van der Waals surface area contributed by atoms with E-state index in [4.69, 9.17) is 9.84 Å². The molecule has 0 aliphatic rings. The number of ether oxygens (including phenoxy) is 1. The number of nitrogens with zero attached hydrogens (tertiary/aromatic N) is 1. The van der Waals surface area contributed by atoms with Gasteiger partial charge in [-0.2, -0.15) is 0 Å². The number of carbonyl (C=O) groups is 1. The first-order valence-electron chi connectivity index (χ1n) is 7.06. The summed E-state index contributed by atoms with van der Waals surface area (Å²) >= 11 is 0. The first kappa shape index (κ1) is 16.5. The van der Waals surface area contributed by atoms with Crippen molar-refractivity contribution in [2.75, 3.05) is 19.8 Å². The number of hydrogen-bond donors (Lipinski definition) is 1. The van der Waals surface area contributed by atoms with E-state index in [1.54, 1.807) is 4.90 Å². The molecular formula is C16H25NO3. The second-order valence-corrected chi connectivity index (χ2v) is 5.25. The van der Waals surface area contributed by atoms with E-state index in [-0.39, 0.29) is 18.6 Å². The number of aryl methyl sites for hydroxylation is 2. The van der Waals surface area contributed by atoms with Crippen LogP contribution in [0.1, 0.15) is 31.4 Å². The van der Waals surface area contributed by atoms with Crippen molar-refractivity contribution in [1.82, 2.24) is 4.90 Å². The number of hydrogen-bond acceptors (Lipinski definition) is 3. The summed E-state index contributed by atoms with van der Waals surface area (Å²) in [6.07, 6.45) is 0.325. The predicted octanol–water partition coefficient (Wildman–Crippen LogP) is 2.30. The van der Waals surface area contributed by atoms with E-state index in [1.165, 1.54) is 11.1 Å². The monoisotopic (exact) mass is 279 g/mol. The lowest BCUT2D eigenvalue weighted by atomic mass is 10.1. The van der Waals surface area contributed by atoms with Gasteiger partial charge in [0.05, 0.1) is 19.6 Å². The molecule has 1 amide bonds. The van der Waals surface area contributed by atoms with Gasteiger partial charge >= 0.3 is 0 Å². The normalized spacial score (nSPS) is 10.7. The van der Waals surface area contributed by atoms with Gasteiger partial charge in [-0.15, -0.1) is 0 Å². The minimum Gasteiger partial charge on any atom is -0.493 e. The summed E-state index contributed by atoms with van der Waals surface area (Å²) in [5, 5.41) is 8.97. The van der Waals surface area contributed by atoms with Crippen LogP contribution in [0.15, 0.2) is 18.2 Å². The van der Waals surface area contributed by atoms with Crippen molar-refractivity contribution in [2.24, 2.45) is 0 Å². The summed E-state index contributed by atoms with van der Waals surface area (Å²) in [6.45, 7) is 8.70. The summed E-state index contributed by atoms with van der Waals surface area (Å²) in [6, 6.07) is 6.00. The van der Waals surface area contributed by atoms with E-state index in [0.717, 1.165) is 5.75 Å². The molecule has 1 N–H and O–H groups in total. The van der Waals surface area contributed by atoms with Crippen LogP contribution < -0.4 is 4.74 Å². The molecular weight excluding hydrogens is 254 g/mol. The second-order valence-electron chi connectivity index (χ2n) is 5.25. The van der Waals surface area contributed by atoms with Crippen LogP contribution in [0.4, 0.5) is 0 Å². The van der Waals surface area contributed by atoms with E-state index in [2.05, 4.69) is 6.92 Å². The Morgan fingerprint density at radius 1 is 1.30 bits per heavy atom. The van der Waals surface area contributed by atoms with Gasteiger partial charge in [-0.25, -0.2) is 0 Å². The van der Waals surface area contributed by atoms with Crippen LogP contribution in [0.2, 0.25) is 0 Å². The maximum atomic E-state index is 12.0. The van der Waals surface area contributed by atoms with Gasteiger partial charge in [0.1, 0.15) is 5.75 Å². The van der Waals surface area contributed by atoms with E-state index in [1.807, 2.05) is 39.0 Å².